The van der Waals surface area contributed by atoms with Gasteiger partial charge in [0, 0.05) is 31.4 Å². The summed E-state index contributed by atoms with van der Waals surface area (Å²) in [7, 11) is 0. The van der Waals surface area contributed by atoms with E-state index in [-0.39, 0.29) is 6.09 Å². The molecule has 7 nitrogen and oxygen atoms in total. The molecule has 0 saturated heterocycles. The Morgan fingerprint density at radius 2 is 1.92 bits per heavy atom. The van der Waals surface area contributed by atoms with Crippen LogP contribution < -0.4 is 5.73 Å². The van der Waals surface area contributed by atoms with E-state index in [1.807, 2.05) is 45.0 Å². The van der Waals surface area contributed by atoms with Crippen molar-refractivity contribution < 1.29 is 9.53 Å². The molecule has 0 saturated carbocycles. The van der Waals surface area contributed by atoms with Gasteiger partial charge in [0.1, 0.15) is 16.9 Å². The Morgan fingerprint density at radius 3 is 2.69 bits per heavy atom. The zero-order valence-corrected chi connectivity index (χ0v) is 15.3. The summed E-state index contributed by atoms with van der Waals surface area (Å²) in [5, 5.41) is 1.03. The summed E-state index contributed by atoms with van der Waals surface area (Å²) in [4.78, 5) is 23.4. The molecule has 0 bridgehead atoms. The van der Waals surface area contributed by atoms with Crippen molar-refractivity contribution >= 4 is 33.8 Å². The van der Waals surface area contributed by atoms with Crippen molar-refractivity contribution in [3.05, 3.63) is 30.1 Å². The number of amides is 1. The molecule has 7 heteroatoms. The molecular weight excluding hydrogens is 330 g/mol. The largest absolute Gasteiger partial charge is 0.444 e. The normalized spacial score (nSPS) is 15.1. The lowest BCUT2D eigenvalue weighted by Crippen LogP contribution is -2.38. The van der Waals surface area contributed by atoms with E-state index in [4.69, 9.17) is 15.5 Å². The predicted molar refractivity (Wildman–Crippen MR) is 101 cm³/mol. The number of aromatic nitrogens is 3. The molecule has 0 spiro atoms. The Balaban J connectivity index is 1.73. The van der Waals surface area contributed by atoms with Crippen LogP contribution in [0.3, 0.4) is 0 Å². The number of nitrogen functional groups attached to an aromatic ring is 1. The average Bonchev–Trinajstić information content (AvgIpc) is 2.80. The Morgan fingerprint density at radius 1 is 1.15 bits per heavy atom. The molecule has 2 aromatic heterocycles. The minimum absolute atomic E-state index is 0.279. The molecule has 4 rings (SSSR count). The second-order valence-corrected chi connectivity index (χ2v) is 7.61. The highest BCUT2D eigenvalue weighted by atomic mass is 16.6. The number of anilines is 1. The molecule has 0 radical (unpaired) electrons. The number of ether oxygens (including phenoxy) is 1. The van der Waals surface area contributed by atoms with E-state index in [1.165, 1.54) is 0 Å². The van der Waals surface area contributed by atoms with E-state index < -0.39 is 5.60 Å². The van der Waals surface area contributed by atoms with Gasteiger partial charge in [0.2, 0.25) is 0 Å². The minimum Gasteiger partial charge on any atom is -0.444 e. The molecule has 3 aromatic rings. The number of para-hydroxylation sites is 1. The standard InChI is InChI=1S/C19H23N5O2/c1-19(2,3)26-18(25)23-9-8-14-22-15-16(24(14)11-10-23)12-6-4-5-7-13(12)21-17(15)20/h4-7H,8-11H2,1-3H3,(H2,20,21). The molecule has 3 heterocycles. The first-order valence-corrected chi connectivity index (χ1v) is 8.85. The first-order valence-electron chi connectivity index (χ1n) is 8.85. The van der Waals surface area contributed by atoms with Crippen molar-refractivity contribution in [1.29, 1.82) is 0 Å². The molecule has 1 aromatic carbocycles. The monoisotopic (exact) mass is 353 g/mol. The van der Waals surface area contributed by atoms with Crippen molar-refractivity contribution in [2.24, 2.45) is 0 Å². The molecular formula is C19H23N5O2. The lowest BCUT2D eigenvalue weighted by Gasteiger charge is -2.26. The summed E-state index contributed by atoms with van der Waals surface area (Å²) in [6.45, 7) is 7.43. The molecule has 0 unspecified atom stereocenters. The van der Waals surface area contributed by atoms with Crippen LogP contribution in [-0.2, 0) is 17.7 Å². The zero-order chi connectivity index (χ0) is 18.5. The van der Waals surface area contributed by atoms with Crippen LogP contribution in [0.2, 0.25) is 0 Å². The molecule has 136 valence electrons. The SMILES string of the molecule is CC(C)(C)OC(=O)N1CCc2nc3c(N)nc4ccccc4c3n2CC1. The number of carbonyl (C=O) groups is 1. The van der Waals surface area contributed by atoms with Gasteiger partial charge in [-0.2, -0.15) is 0 Å². The van der Waals surface area contributed by atoms with Crippen LogP contribution in [0.15, 0.2) is 24.3 Å². The first kappa shape index (κ1) is 16.6. The summed E-state index contributed by atoms with van der Waals surface area (Å²) < 4.78 is 7.68. The van der Waals surface area contributed by atoms with Crippen LogP contribution in [0.5, 0.6) is 0 Å². The maximum Gasteiger partial charge on any atom is 0.410 e. The molecule has 2 N–H and O–H groups in total. The summed E-state index contributed by atoms with van der Waals surface area (Å²) >= 11 is 0. The van der Waals surface area contributed by atoms with Gasteiger partial charge in [-0.1, -0.05) is 18.2 Å². The van der Waals surface area contributed by atoms with Crippen molar-refractivity contribution in [1.82, 2.24) is 19.4 Å². The van der Waals surface area contributed by atoms with Crippen molar-refractivity contribution in [2.75, 3.05) is 18.8 Å². The molecule has 1 amide bonds. The van der Waals surface area contributed by atoms with Gasteiger partial charge in [-0.05, 0) is 26.8 Å². The van der Waals surface area contributed by atoms with E-state index in [0.717, 1.165) is 27.8 Å². The first-order chi connectivity index (χ1) is 12.3. The number of imidazole rings is 1. The third-order valence-corrected chi connectivity index (χ3v) is 4.54. The van der Waals surface area contributed by atoms with Gasteiger partial charge in [0.15, 0.2) is 5.82 Å². The topological polar surface area (TPSA) is 86.3 Å². The lowest BCUT2D eigenvalue weighted by molar-refractivity contribution is 0.0254. The Hall–Kier alpha value is -2.83. The van der Waals surface area contributed by atoms with E-state index in [9.17, 15) is 4.79 Å². The maximum absolute atomic E-state index is 12.4. The zero-order valence-electron chi connectivity index (χ0n) is 15.3. The van der Waals surface area contributed by atoms with Gasteiger partial charge in [0.25, 0.3) is 0 Å². The Kier molecular flexibility index (Phi) is 3.75. The summed E-state index contributed by atoms with van der Waals surface area (Å²) in [6, 6.07) is 7.93. The number of hydrogen-bond donors (Lipinski definition) is 1. The number of benzene rings is 1. The Bertz CT molecular complexity index is 1000. The average molecular weight is 353 g/mol. The fourth-order valence-corrected chi connectivity index (χ4v) is 3.41. The van der Waals surface area contributed by atoms with E-state index in [2.05, 4.69) is 9.55 Å². The third-order valence-electron chi connectivity index (χ3n) is 4.54. The van der Waals surface area contributed by atoms with Gasteiger partial charge in [-0.3, -0.25) is 0 Å². The summed E-state index contributed by atoms with van der Waals surface area (Å²) in [5.41, 5.74) is 8.24. The van der Waals surface area contributed by atoms with Gasteiger partial charge < -0.3 is 19.9 Å². The van der Waals surface area contributed by atoms with Crippen molar-refractivity contribution in [2.45, 2.75) is 39.3 Å². The highest BCUT2D eigenvalue weighted by Crippen LogP contribution is 2.29. The number of nitrogens with zero attached hydrogens (tertiary/aromatic N) is 4. The van der Waals surface area contributed by atoms with Gasteiger partial charge in [0.05, 0.1) is 11.0 Å². The fourth-order valence-electron chi connectivity index (χ4n) is 3.41. The Labute approximate surface area is 151 Å². The highest BCUT2D eigenvalue weighted by Gasteiger charge is 2.26. The molecule has 1 aliphatic heterocycles. The van der Waals surface area contributed by atoms with Crippen LogP contribution in [-0.4, -0.2) is 44.2 Å². The van der Waals surface area contributed by atoms with Crippen molar-refractivity contribution in [3.8, 4) is 0 Å². The molecule has 0 aliphatic carbocycles. The maximum atomic E-state index is 12.4. The number of rotatable bonds is 0. The molecule has 0 atom stereocenters. The number of nitrogens with two attached hydrogens (primary N) is 1. The minimum atomic E-state index is -0.500. The fraction of sp³-hybridized carbons (Fsp3) is 0.421. The third kappa shape index (κ3) is 2.83. The number of carbonyl (C=O) groups excluding carboxylic acids is 1. The number of fused-ring (bicyclic) bond motifs is 5. The van der Waals surface area contributed by atoms with Crippen LogP contribution in [0, 0.1) is 0 Å². The van der Waals surface area contributed by atoms with Crippen LogP contribution in [0.25, 0.3) is 21.9 Å². The second-order valence-electron chi connectivity index (χ2n) is 7.61. The van der Waals surface area contributed by atoms with Gasteiger partial charge in [-0.15, -0.1) is 0 Å². The summed E-state index contributed by atoms with van der Waals surface area (Å²) in [5.74, 6) is 1.37. The van der Waals surface area contributed by atoms with E-state index in [1.54, 1.807) is 4.90 Å². The van der Waals surface area contributed by atoms with Gasteiger partial charge >= 0.3 is 6.09 Å². The smallest absolute Gasteiger partial charge is 0.410 e. The van der Waals surface area contributed by atoms with E-state index >= 15 is 0 Å². The van der Waals surface area contributed by atoms with Crippen LogP contribution >= 0.6 is 0 Å². The highest BCUT2D eigenvalue weighted by molar-refractivity contribution is 6.06. The number of hydrogen-bond acceptors (Lipinski definition) is 5. The number of pyridine rings is 1. The predicted octanol–water partition coefficient (Wildman–Crippen LogP) is 2.96. The van der Waals surface area contributed by atoms with Crippen LogP contribution in [0.4, 0.5) is 10.6 Å². The quantitative estimate of drug-likeness (QED) is 0.671. The van der Waals surface area contributed by atoms with Gasteiger partial charge in [-0.25, -0.2) is 14.8 Å². The second kappa shape index (κ2) is 5.86. The van der Waals surface area contributed by atoms with Crippen molar-refractivity contribution in [3.63, 3.8) is 0 Å². The molecule has 26 heavy (non-hydrogen) atoms. The van der Waals surface area contributed by atoms with Crippen LogP contribution in [0.1, 0.15) is 26.6 Å². The van der Waals surface area contributed by atoms with E-state index in [0.29, 0.717) is 31.9 Å². The lowest BCUT2D eigenvalue weighted by atomic mass is 10.2. The molecule has 0 fully saturated rings. The molecule has 1 aliphatic rings. The summed E-state index contributed by atoms with van der Waals surface area (Å²) in [6.07, 6.45) is 0.375.